The molecule has 0 saturated carbocycles. The number of amides is 2. The first-order chi connectivity index (χ1) is 14.2. The van der Waals surface area contributed by atoms with E-state index in [2.05, 4.69) is 4.85 Å². The van der Waals surface area contributed by atoms with Crippen LogP contribution in [0.25, 0.3) is 4.85 Å². The van der Waals surface area contributed by atoms with Crippen molar-refractivity contribution in [1.82, 2.24) is 5.32 Å². The lowest BCUT2D eigenvalue weighted by Crippen LogP contribution is -2.41. The molecule has 7 nitrogen and oxygen atoms in total. The van der Waals surface area contributed by atoms with Gasteiger partial charge in [-0.2, -0.15) is 13.2 Å². The van der Waals surface area contributed by atoms with Gasteiger partial charge in [0.15, 0.2) is 0 Å². The van der Waals surface area contributed by atoms with Gasteiger partial charge in [-0.3, -0.25) is 9.69 Å². The van der Waals surface area contributed by atoms with Crippen molar-refractivity contribution in [2.75, 3.05) is 42.5 Å². The molecule has 2 heterocycles. The molecule has 2 aliphatic heterocycles. The maximum absolute atomic E-state index is 14.7. The van der Waals surface area contributed by atoms with Crippen LogP contribution < -0.4 is 15.1 Å². The van der Waals surface area contributed by atoms with Gasteiger partial charge in [0.1, 0.15) is 11.9 Å². The summed E-state index contributed by atoms with van der Waals surface area (Å²) < 4.78 is 56.4. The second kappa shape index (κ2) is 8.77. The highest BCUT2D eigenvalue weighted by Crippen LogP contribution is 2.30. The van der Waals surface area contributed by atoms with E-state index in [1.54, 1.807) is 17.4 Å². The van der Waals surface area contributed by atoms with Gasteiger partial charge in [0.25, 0.3) is 0 Å². The fourth-order valence-electron chi connectivity index (χ4n) is 3.55. The lowest BCUT2D eigenvalue weighted by molar-refractivity contribution is -0.173. The summed E-state index contributed by atoms with van der Waals surface area (Å²) >= 11 is 0. The van der Waals surface area contributed by atoms with Gasteiger partial charge in [-0.05, 0) is 31.0 Å². The highest BCUT2D eigenvalue weighted by Gasteiger charge is 2.40. The lowest BCUT2D eigenvalue weighted by atomic mass is 9.96. The number of hydrogen-bond acceptors (Lipinski definition) is 4. The molecule has 0 radical (unpaired) electrons. The highest BCUT2D eigenvalue weighted by molar-refractivity contribution is 5.90. The van der Waals surface area contributed by atoms with E-state index in [-0.39, 0.29) is 12.2 Å². The minimum absolute atomic E-state index is 0.113. The van der Waals surface area contributed by atoms with Crippen LogP contribution in [-0.2, 0) is 9.53 Å². The van der Waals surface area contributed by atoms with Gasteiger partial charge < -0.3 is 19.8 Å². The van der Waals surface area contributed by atoms with E-state index < -0.39 is 36.6 Å². The van der Waals surface area contributed by atoms with E-state index in [4.69, 9.17) is 11.3 Å². The summed E-state index contributed by atoms with van der Waals surface area (Å²) in [5, 5.41) is 1.67. The SMILES string of the molecule is [C-]#[N+]CC1CCN(c2ccc(N3C[C@H](CNC(=O)C(F)(F)F)OC3=O)cc2F)CC1. The topological polar surface area (TPSA) is 66.2 Å². The summed E-state index contributed by atoms with van der Waals surface area (Å²) in [5.74, 6) is -2.33. The number of benzene rings is 1. The van der Waals surface area contributed by atoms with Gasteiger partial charge in [-0.1, -0.05) is 0 Å². The molecule has 2 saturated heterocycles. The Balaban J connectivity index is 1.60. The second-order valence-electron chi connectivity index (χ2n) is 7.23. The molecule has 1 atom stereocenters. The summed E-state index contributed by atoms with van der Waals surface area (Å²) in [6, 6.07) is 4.27. The summed E-state index contributed by atoms with van der Waals surface area (Å²) in [5.41, 5.74) is 0.607. The lowest BCUT2D eigenvalue weighted by Gasteiger charge is -2.32. The predicted octanol–water partition coefficient (Wildman–Crippen LogP) is 2.97. The molecule has 0 spiro atoms. The maximum atomic E-state index is 14.7. The van der Waals surface area contributed by atoms with Crippen molar-refractivity contribution in [2.45, 2.75) is 25.1 Å². The average molecular weight is 428 g/mol. The van der Waals surface area contributed by atoms with Crippen LogP contribution >= 0.6 is 0 Å². The molecule has 1 aromatic rings. The molecule has 0 bridgehead atoms. The average Bonchev–Trinajstić information content (AvgIpc) is 3.07. The van der Waals surface area contributed by atoms with E-state index in [9.17, 15) is 27.2 Å². The van der Waals surface area contributed by atoms with Crippen LogP contribution in [0.2, 0.25) is 0 Å². The fraction of sp³-hybridized carbons (Fsp3) is 0.526. The minimum atomic E-state index is -5.02. The molecule has 1 aromatic carbocycles. The number of carbonyl (C=O) groups is 2. The molecule has 0 unspecified atom stereocenters. The smallest absolute Gasteiger partial charge is 0.442 e. The summed E-state index contributed by atoms with van der Waals surface area (Å²) in [6.07, 6.45) is -5.23. The molecule has 11 heteroatoms. The van der Waals surface area contributed by atoms with Crippen molar-refractivity contribution in [3.63, 3.8) is 0 Å². The van der Waals surface area contributed by atoms with E-state index in [1.807, 2.05) is 4.90 Å². The number of nitrogens with zero attached hydrogens (tertiary/aromatic N) is 3. The van der Waals surface area contributed by atoms with Gasteiger partial charge in [-0.25, -0.2) is 15.8 Å². The normalized spacial score (nSPS) is 20.1. The highest BCUT2D eigenvalue weighted by atomic mass is 19.4. The van der Waals surface area contributed by atoms with Crippen molar-refractivity contribution in [2.24, 2.45) is 5.92 Å². The standard InChI is InChI=1S/C19H20F4N4O3/c1-24-9-12-4-6-26(7-5-12)16-3-2-13(8-15(16)20)27-11-14(30-18(27)29)10-25-17(28)19(21,22)23/h2-3,8,12,14H,4-7,9-11H2,(H,25,28)/t14-/m0/s1. The number of piperidine rings is 1. The van der Waals surface area contributed by atoms with Crippen molar-refractivity contribution in [3.05, 3.63) is 35.4 Å². The molecule has 2 amide bonds. The fourth-order valence-corrected chi connectivity index (χ4v) is 3.55. The summed E-state index contributed by atoms with van der Waals surface area (Å²) in [4.78, 5) is 29.3. The van der Waals surface area contributed by atoms with E-state index in [0.29, 0.717) is 31.2 Å². The number of cyclic esters (lactones) is 1. The second-order valence-corrected chi connectivity index (χ2v) is 7.23. The Bertz CT molecular complexity index is 847. The molecule has 2 aliphatic rings. The van der Waals surface area contributed by atoms with Crippen LogP contribution in [0.4, 0.5) is 33.7 Å². The van der Waals surface area contributed by atoms with Gasteiger partial charge in [0.05, 0.1) is 24.5 Å². The van der Waals surface area contributed by atoms with Crippen molar-refractivity contribution in [3.8, 4) is 0 Å². The first-order valence-electron chi connectivity index (χ1n) is 9.40. The Hall–Kier alpha value is -3.03. The Morgan fingerprint density at radius 1 is 1.30 bits per heavy atom. The Kier molecular flexibility index (Phi) is 6.34. The first-order valence-corrected chi connectivity index (χ1v) is 9.40. The number of alkyl halides is 3. The monoisotopic (exact) mass is 428 g/mol. The number of hydrogen-bond donors (Lipinski definition) is 1. The molecule has 3 rings (SSSR count). The first kappa shape index (κ1) is 21.7. The zero-order valence-corrected chi connectivity index (χ0v) is 15.9. The van der Waals surface area contributed by atoms with E-state index >= 15 is 0 Å². The van der Waals surface area contributed by atoms with Gasteiger partial charge >= 0.3 is 18.2 Å². The van der Waals surface area contributed by atoms with Crippen molar-refractivity contribution in [1.29, 1.82) is 0 Å². The quantitative estimate of drug-likeness (QED) is 0.579. The number of halogens is 4. The number of rotatable bonds is 5. The van der Waals surface area contributed by atoms with Crippen molar-refractivity contribution >= 4 is 23.4 Å². The predicted molar refractivity (Wildman–Crippen MR) is 99.5 cm³/mol. The molecular formula is C19H20F4N4O3. The molecule has 1 N–H and O–H groups in total. The van der Waals surface area contributed by atoms with Crippen LogP contribution in [0.5, 0.6) is 0 Å². The van der Waals surface area contributed by atoms with E-state index in [1.165, 1.54) is 6.07 Å². The molecule has 0 aromatic heterocycles. The molecule has 162 valence electrons. The van der Waals surface area contributed by atoms with Crippen LogP contribution in [0.15, 0.2) is 18.2 Å². The molecular weight excluding hydrogens is 408 g/mol. The number of ether oxygens (including phenoxy) is 1. The van der Waals surface area contributed by atoms with Gasteiger partial charge in [0, 0.05) is 19.0 Å². The van der Waals surface area contributed by atoms with Gasteiger partial charge in [-0.15, -0.1) is 0 Å². The Morgan fingerprint density at radius 2 is 2.00 bits per heavy atom. The number of nitrogens with one attached hydrogen (secondary N) is 1. The van der Waals surface area contributed by atoms with Crippen LogP contribution in [0, 0.1) is 18.3 Å². The van der Waals surface area contributed by atoms with Crippen molar-refractivity contribution < 1.29 is 31.9 Å². The minimum Gasteiger partial charge on any atom is -0.442 e. The Labute approximate surface area is 170 Å². The largest absolute Gasteiger partial charge is 0.471 e. The summed E-state index contributed by atoms with van der Waals surface area (Å²) in [7, 11) is 0. The zero-order valence-electron chi connectivity index (χ0n) is 15.9. The molecule has 0 aliphatic carbocycles. The van der Waals surface area contributed by atoms with Crippen LogP contribution in [-0.4, -0.2) is 57.0 Å². The van der Waals surface area contributed by atoms with Crippen LogP contribution in [0.3, 0.4) is 0 Å². The molecule has 2 fully saturated rings. The summed E-state index contributed by atoms with van der Waals surface area (Å²) in [6.45, 7) is 8.05. The maximum Gasteiger partial charge on any atom is 0.471 e. The zero-order chi connectivity index (χ0) is 21.9. The molecule has 30 heavy (non-hydrogen) atoms. The van der Waals surface area contributed by atoms with Gasteiger partial charge in [0.2, 0.25) is 6.54 Å². The third kappa shape index (κ3) is 4.93. The van der Waals surface area contributed by atoms with Crippen LogP contribution in [0.1, 0.15) is 12.8 Å². The number of carbonyl (C=O) groups excluding carboxylic acids is 2. The van der Waals surface area contributed by atoms with E-state index in [0.717, 1.165) is 17.7 Å². The third-order valence-electron chi connectivity index (χ3n) is 5.17. The number of anilines is 2. The Morgan fingerprint density at radius 3 is 2.60 bits per heavy atom. The third-order valence-corrected chi connectivity index (χ3v) is 5.17.